The van der Waals surface area contributed by atoms with Crippen LogP contribution in [0, 0.1) is 6.92 Å². The first-order valence-electron chi connectivity index (χ1n) is 4.69. The maximum atomic E-state index is 11.5. The van der Waals surface area contributed by atoms with Crippen LogP contribution in [-0.4, -0.2) is 13.0 Å². The van der Waals surface area contributed by atoms with Gasteiger partial charge in [-0.1, -0.05) is 18.2 Å². The number of para-hydroxylation sites is 1. The quantitative estimate of drug-likeness (QED) is 0.677. The zero-order chi connectivity index (χ0) is 10.1. The van der Waals surface area contributed by atoms with E-state index in [4.69, 9.17) is 4.84 Å². The predicted molar refractivity (Wildman–Crippen MR) is 54.0 cm³/mol. The normalized spacial score (nSPS) is 15.6. The minimum absolute atomic E-state index is 0.0364. The van der Waals surface area contributed by atoms with E-state index >= 15 is 0 Å². The molecule has 0 atom stereocenters. The molecule has 0 aromatic heterocycles. The molecule has 3 nitrogen and oxygen atoms in total. The third-order valence-corrected chi connectivity index (χ3v) is 2.54. The lowest BCUT2D eigenvalue weighted by atomic mass is 9.99. The van der Waals surface area contributed by atoms with Crippen LogP contribution in [-0.2, 0) is 16.1 Å². The lowest BCUT2D eigenvalue weighted by Gasteiger charge is -2.28. The Bertz CT molecular complexity index is 374. The van der Waals surface area contributed by atoms with Crippen molar-refractivity contribution in [1.29, 1.82) is 0 Å². The van der Waals surface area contributed by atoms with Gasteiger partial charge in [-0.15, -0.1) is 0 Å². The first-order chi connectivity index (χ1) is 6.74. The fraction of sp³-hybridized carbons (Fsp3) is 0.364. The van der Waals surface area contributed by atoms with Crippen LogP contribution in [0.3, 0.4) is 0 Å². The van der Waals surface area contributed by atoms with E-state index in [2.05, 4.69) is 0 Å². The number of benzene rings is 1. The molecule has 1 aromatic carbocycles. The van der Waals surface area contributed by atoms with Gasteiger partial charge in [0.05, 0.1) is 12.8 Å². The van der Waals surface area contributed by atoms with E-state index in [0.29, 0.717) is 6.42 Å². The highest BCUT2D eigenvalue weighted by Crippen LogP contribution is 2.30. The van der Waals surface area contributed by atoms with Gasteiger partial charge < -0.3 is 0 Å². The molecular weight excluding hydrogens is 178 g/mol. The standard InChI is InChI=1S/C11H13NO2/c1-8-4-3-5-9-6-7-10(13)12(14-2)11(8)9/h3-5H,6-7H2,1-2H3. The third kappa shape index (κ3) is 1.30. The van der Waals surface area contributed by atoms with E-state index in [1.807, 2.05) is 25.1 Å². The summed E-state index contributed by atoms with van der Waals surface area (Å²) in [4.78, 5) is 16.6. The maximum absolute atomic E-state index is 11.5. The van der Waals surface area contributed by atoms with Crippen LogP contribution in [0.5, 0.6) is 0 Å². The number of carbonyl (C=O) groups is 1. The Morgan fingerprint density at radius 1 is 1.36 bits per heavy atom. The molecule has 1 aromatic rings. The number of hydrogen-bond acceptors (Lipinski definition) is 2. The van der Waals surface area contributed by atoms with E-state index < -0.39 is 0 Å². The van der Waals surface area contributed by atoms with Crippen LogP contribution >= 0.6 is 0 Å². The van der Waals surface area contributed by atoms with Gasteiger partial charge in [-0.05, 0) is 24.5 Å². The molecule has 0 N–H and O–H groups in total. The van der Waals surface area contributed by atoms with Crippen molar-refractivity contribution in [1.82, 2.24) is 0 Å². The highest BCUT2D eigenvalue weighted by atomic mass is 16.7. The van der Waals surface area contributed by atoms with Crippen molar-refractivity contribution >= 4 is 11.6 Å². The van der Waals surface area contributed by atoms with Gasteiger partial charge in [-0.2, -0.15) is 5.06 Å². The van der Waals surface area contributed by atoms with Crippen molar-refractivity contribution < 1.29 is 9.63 Å². The summed E-state index contributed by atoms with van der Waals surface area (Å²) in [6.45, 7) is 1.99. The first kappa shape index (κ1) is 9.21. The summed E-state index contributed by atoms with van der Waals surface area (Å²) in [5.41, 5.74) is 3.19. The molecule has 0 spiro atoms. The Hall–Kier alpha value is -1.35. The Morgan fingerprint density at radius 3 is 2.86 bits per heavy atom. The summed E-state index contributed by atoms with van der Waals surface area (Å²) < 4.78 is 0. The molecule has 0 saturated carbocycles. The molecule has 0 saturated heterocycles. The number of nitrogens with zero attached hydrogens (tertiary/aromatic N) is 1. The van der Waals surface area contributed by atoms with Gasteiger partial charge in [0.1, 0.15) is 0 Å². The van der Waals surface area contributed by atoms with Crippen LogP contribution < -0.4 is 5.06 Å². The molecule has 74 valence electrons. The number of fused-ring (bicyclic) bond motifs is 1. The molecule has 1 heterocycles. The largest absolute Gasteiger partial charge is 0.272 e. The molecule has 3 heteroatoms. The van der Waals surface area contributed by atoms with Crippen molar-refractivity contribution in [2.45, 2.75) is 19.8 Å². The van der Waals surface area contributed by atoms with Crippen LogP contribution in [0.25, 0.3) is 0 Å². The molecule has 0 radical (unpaired) electrons. The van der Waals surface area contributed by atoms with Crippen molar-refractivity contribution in [2.75, 3.05) is 12.2 Å². The van der Waals surface area contributed by atoms with Crippen molar-refractivity contribution in [2.24, 2.45) is 0 Å². The summed E-state index contributed by atoms with van der Waals surface area (Å²) in [7, 11) is 1.53. The number of carbonyl (C=O) groups excluding carboxylic acids is 1. The molecule has 0 fully saturated rings. The van der Waals surface area contributed by atoms with E-state index in [1.54, 1.807) is 0 Å². The fourth-order valence-electron chi connectivity index (χ4n) is 1.87. The number of aryl methyl sites for hydroxylation is 2. The molecule has 0 aliphatic carbocycles. The highest BCUT2D eigenvalue weighted by Gasteiger charge is 2.25. The monoisotopic (exact) mass is 191 g/mol. The van der Waals surface area contributed by atoms with E-state index in [-0.39, 0.29) is 5.91 Å². The average molecular weight is 191 g/mol. The molecule has 1 amide bonds. The van der Waals surface area contributed by atoms with Crippen molar-refractivity contribution in [3.05, 3.63) is 29.3 Å². The third-order valence-electron chi connectivity index (χ3n) is 2.54. The Morgan fingerprint density at radius 2 is 2.14 bits per heavy atom. The Labute approximate surface area is 83.2 Å². The van der Waals surface area contributed by atoms with Gasteiger partial charge in [0.25, 0.3) is 5.91 Å². The van der Waals surface area contributed by atoms with Crippen LogP contribution in [0.1, 0.15) is 17.5 Å². The molecular formula is C11H13NO2. The minimum Gasteiger partial charge on any atom is -0.272 e. The lowest BCUT2D eigenvalue weighted by Crippen LogP contribution is -2.34. The zero-order valence-electron chi connectivity index (χ0n) is 8.41. The van der Waals surface area contributed by atoms with E-state index in [9.17, 15) is 4.79 Å². The maximum Gasteiger partial charge on any atom is 0.251 e. The molecule has 1 aliphatic heterocycles. The van der Waals surface area contributed by atoms with Gasteiger partial charge in [0.15, 0.2) is 0 Å². The summed E-state index contributed by atoms with van der Waals surface area (Å²) in [5, 5.41) is 1.40. The van der Waals surface area contributed by atoms with Gasteiger partial charge in [0, 0.05) is 6.42 Å². The summed E-state index contributed by atoms with van der Waals surface area (Å²) >= 11 is 0. The number of amides is 1. The molecule has 14 heavy (non-hydrogen) atoms. The second-order valence-electron chi connectivity index (χ2n) is 3.45. The number of anilines is 1. The Kier molecular flexibility index (Phi) is 2.25. The summed E-state index contributed by atoms with van der Waals surface area (Å²) in [6.07, 6.45) is 1.35. The van der Waals surface area contributed by atoms with Gasteiger partial charge in [-0.3, -0.25) is 9.63 Å². The fourth-order valence-corrected chi connectivity index (χ4v) is 1.87. The van der Waals surface area contributed by atoms with Crippen LogP contribution in [0.2, 0.25) is 0 Å². The number of rotatable bonds is 1. The summed E-state index contributed by atoms with van der Waals surface area (Å²) in [5.74, 6) is 0.0364. The van der Waals surface area contributed by atoms with E-state index in [0.717, 1.165) is 17.7 Å². The number of hydroxylamine groups is 1. The first-order valence-corrected chi connectivity index (χ1v) is 4.69. The molecule has 2 rings (SSSR count). The molecule has 0 bridgehead atoms. The predicted octanol–water partition coefficient (Wildman–Crippen LogP) is 1.84. The minimum atomic E-state index is 0.0364. The Balaban J connectivity index is 2.54. The van der Waals surface area contributed by atoms with Crippen LogP contribution in [0.4, 0.5) is 5.69 Å². The van der Waals surface area contributed by atoms with Gasteiger partial charge >= 0.3 is 0 Å². The second kappa shape index (κ2) is 3.42. The summed E-state index contributed by atoms with van der Waals surface area (Å²) in [6, 6.07) is 6.04. The lowest BCUT2D eigenvalue weighted by molar-refractivity contribution is -0.125. The zero-order valence-corrected chi connectivity index (χ0v) is 8.41. The SMILES string of the molecule is CON1C(=O)CCc2cccc(C)c21. The highest BCUT2D eigenvalue weighted by molar-refractivity contribution is 5.95. The van der Waals surface area contributed by atoms with Crippen molar-refractivity contribution in [3.63, 3.8) is 0 Å². The smallest absolute Gasteiger partial charge is 0.251 e. The van der Waals surface area contributed by atoms with Gasteiger partial charge in [0.2, 0.25) is 0 Å². The molecule has 0 unspecified atom stereocenters. The number of hydrogen-bond donors (Lipinski definition) is 0. The molecule has 1 aliphatic rings. The topological polar surface area (TPSA) is 29.5 Å². The second-order valence-corrected chi connectivity index (χ2v) is 3.45. The van der Waals surface area contributed by atoms with Crippen molar-refractivity contribution in [3.8, 4) is 0 Å². The van der Waals surface area contributed by atoms with Crippen LogP contribution in [0.15, 0.2) is 18.2 Å². The van der Waals surface area contributed by atoms with Gasteiger partial charge in [-0.25, -0.2) is 0 Å². The average Bonchev–Trinajstić information content (AvgIpc) is 2.19. The van der Waals surface area contributed by atoms with E-state index in [1.165, 1.54) is 17.7 Å².